The van der Waals surface area contributed by atoms with Crippen molar-refractivity contribution in [2.45, 2.75) is 39.3 Å². The average molecular weight is 306 g/mol. The molecular formula is C15H20ClN5. The van der Waals surface area contributed by atoms with Gasteiger partial charge in [0.15, 0.2) is 0 Å². The van der Waals surface area contributed by atoms with Gasteiger partial charge in [0.1, 0.15) is 0 Å². The van der Waals surface area contributed by atoms with Crippen LogP contribution in [-0.4, -0.2) is 20.5 Å². The quantitative estimate of drug-likeness (QED) is 0.896. The lowest BCUT2D eigenvalue weighted by atomic mass is 10.1. The molecule has 0 unspecified atom stereocenters. The summed E-state index contributed by atoms with van der Waals surface area (Å²) in [5.41, 5.74) is 1.01. The molecule has 0 bridgehead atoms. The minimum Gasteiger partial charge on any atom is -0.349 e. The molecule has 0 amide bonds. The van der Waals surface area contributed by atoms with E-state index in [1.807, 2.05) is 45.9 Å². The van der Waals surface area contributed by atoms with E-state index in [2.05, 4.69) is 37.7 Å². The lowest BCUT2D eigenvalue weighted by Crippen LogP contribution is -2.27. The summed E-state index contributed by atoms with van der Waals surface area (Å²) in [7, 11) is 0. The van der Waals surface area contributed by atoms with Crippen LogP contribution < -0.4 is 10.6 Å². The van der Waals surface area contributed by atoms with E-state index in [-0.39, 0.29) is 16.9 Å². The van der Waals surface area contributed by atoms with Crippen molar-refractivity contribution in [3.63, 3.8) is 0 Å². The molecule has 6 heteroatoms. The monoisotopic (exact) mass is 305 g/mol. The van der Waals surface area contributed by atoms with Gasteiger partial charge in [0, 0.05) is 5.54 Å². The lowest BCUT2D eigenvalue weighted by molar-refractivity contribution is 0.625. The molecule has 112 valence electrons. The van der Waals surface area contributed by atoms with Crippen molar-refractivity contribution in [2.75, 3.05) is 10.6 Å². The number of hydrogen-bond donors (Lipinski definition) is 2. The predicted molar refractivity (Wildman–Crippen MR) is 86.7 cm³/mol. The van der Waals surface area contributed by atoms with Gasteiger partial charge in [-0.3, -0.25) is 0 Å². The molecule has 1 aromatic carbocycles. The smallest absolute Gasteiger partial charge is 0.229 e. The van der Waals surface area contributed by atoms with Gasteiger partial charge in [-0.05, 0) is 44.9 Å². The van der Waals surface area contributed by atoms with E-state index in [9.17, 15) is 0 Å². The van der Waals surface area contributed by atoms with Crippen LogP contribution in [0.3, 0.4) is 0 Å². The second-order valence-electron chi connectivity index (χ2n) is 5.90. The first-order chi connectivity index (χ1) is 9.83. The molecule has 0 aliphatic carbocycles. The summed E-state index contributed by atoms with van der Waals surface area (Å²) in [6.07, 6.45) is 0. The fourth-order valence-corrected chi connectivity index (χ4v) is 1.98. The number of hydrogen-bond acceptors (Lipinski definition) is 5. The second-order valence-corrected chi connectivity index (χ2v) is 6.24. The van der Waals surface area contributed by atoms with Gasteiger partial charge in [0.25, 0.3) is 0 Å². The van der Waals surface area contributed by atoms with Gasteiger partial charge in [0.2, 0.25) is 17.2 Å². The topological polar surface area (TPSA) is 62.7 Å². The number of nitrogens with one attached hydrogen (secondary N) is 2. The van der Waals surface area contributed by atoms with Crippen molar-refractivity contribution in [1.29, 1.82) is 0 Å². The maximum atomic E-state index is 5.97. The first kappa shape index (κ1) is 15.5. The lowest BCUT2D eigenvalue weighted by Gasteiger charge is -2.21. The normalized spacial score (nSPS) is 12.8. The summed E-state index contributed by atoms with van der Waals surface area (Å²) in [5, 5.41) is 6.59. The highest BCUT2D eigenvalue weighted by atomic mass is 35.5. The fourth-order valence-electron chi connectivity index (χ4n) is 1.82. The highest BCUT2D eigenvalue weighted by Crippen LogP contribution is 2.19. The Labute approximate surface area is 130 Å². The van der Waals surface area contributed by atoms with Crippen molar-refractivity contribution in [1.82, 2.24) is 15.0 Å². The number of aromatic nitrogens is 3. The van der Waals surface area contributed by atoms with E-state index in [0.29, 0.717) is 11.9 Å². The van der Waals surface area contributed by atoms with Crippen LogP contribution in [-0.2, 0) is 0 Å². The molecule has 1 heterocycles. The van der Waals surface area contributed by atoms with Gasteiger partial charge in [-0.2, -0.15) is 15.0 Å². The molecule has 2 rings (SSSR count). The zero-order chi connectivity index (χ0) is 15.5. The van der Waals surface area contributed by atoms with Crippen LogP contribution in [0.1, 0.15) is 39.3 Å². The first-order valence-corrected chi connectivity index (χ1v) is 7.22. The molecule has 0 spiro atoms. The van der Waals surface area contributed by atoms with Gasteiger partial charge in [-0.25, -0.2) is 0 Å². The van der Waals surface area contributed by atoms with Crippen LogP contribution in [0.2, 0.25) is 5.28 Å². The molecule has 1 aromatic heterocycles. The van der Waals surface area contributed by atoms with E-state index in [0.717, 1.165) is 5.56 Å². The molecule has 5 nitrogen and oxygen atoms in total. The molecule has 0 saturated heterocycles. The standard InChI is InChI=1S/C15H20ClN5/c1-10(11-8-6-5-7-9-11)17-13-18-12(16)19-14(20-13)21-15(2,3)4/h5-10H,1-4H3,(H2,17,18,19,20,21)/t10-/m1/s1. The third kappa shape index (κ3) is 4.86. The SMILES string of the molecule is C[C@@H](Nc1nc(Cl)nc(NC(C)(C)C)n1)c1ccccc1. The van der Waals surface area contributed by atoms with E-state index < -0.39 is 0 Å². The minimum absolute atomic E-state index is 0.0761. The summed E-state index contributed by atoms with van der Waals surface area (Å²) in [6, 6.07) is 10.2. The van der Waals surface area contributed by atoms with Crippen molar-refractivity contribution in [3.05, 3.63) is 41.2 Å². The predicted octanol–water partition coefficient (Wildman–Crippen LogP) is 3.91. The number of anilines is 2. The van der Waals surface area contributed by atoms with E-state index in [4.69, 9.17) is 11.6 Å². The van der Waals surface area contributed by atoms with Crippen LogP contribution in [0.25, 0.3) is 0 Å². The number of halogens is 1. The molecule has 0 saturated carbocycles. The minimum atomic E-state index is -0.146. The highest BCUT2D eigenvalue weighted by molar-refractivity contribution is 6.28. The Hall–Kier alpha value is -1.88. The summed E-state index contributed by atoms with van der Waals surface area (Å²) < 4.78 is 0. The van der Waals surface area contributed by atoms with E-state index in [1.165, 1.54) is 0 Å². The average Bonchev–Trinajstić information content (AvgIpc) is 2.36. The third-order valence-electron chi connectivity index (χ3n) is 2.74. The van der Waals surface area contributed by atoms with Crippen molar-refractivity contribution in [3.8, 4) is 0 Å². The maximum Gasteiger partial charge on any atom is 0.229 e. The Morgan fingerprint density at radius 3 is 2.24 bits per heavy atom. The van der Waals surface area contributed by atoms with Gasteiger partial charge in [-0.15, -0.1) is 0 Å². The third-order valence-corrected chi connectivity index (χ3v) is 2.91. The number of benzene rings is 1. The zero-order valence-corrected chi connectivity index (χ0v) is 13.4. The molecule has 0 fully saturated rings. The summed E-state index contributed by atoms with van der Waals surface area (Å²) >= 11 is 5.97. The van der Waals surface area contributed by atoms with Gasteiger partial charge in [-0.1, -0.05) is 30.3 Å². The zero-order valence-electron chi connectivity index (χ0n) is 12.7. The molecule has 0 aliphatic rings. The van der Waals surface area contributed by atoms with Crippen LogP contribution in [0.5, 0.6) is 0 Å². The summed E-state index contributed by atoms with van der Waals surface area (Å²) in [6.45, 7) is 8.14. The Morgan fingerprint density at radius 2 is 1.62 bits per heavy atom. The fraction of sp³-hybridized carbons (Fsp3) is 0.400. The second kappa shape index (κ2) is 6.26. The van der Waals surface area contributed by atoms with Gasteiger partial charge >= 0.3 is 0 Å². The largest absolute Gasteiger partial charge is 0.349 e. The Kier molecular flexibility index (Phi) is 4.63. The Morgan fingerprint density at radius 1 is 1.00 bits per heavy atom. The molecule has 2 aromatic rings. The van der Waals surface area contributed by atoms with Gasteiger partial charge in [0.05, 0.1) is 6.04 Å². The summed E-state index contributed by atoms with van der Waals surface area (Å²) in [5.74, 6) is 0.920. The van der Waals surface area contributed by atoms with Crippen molar-refractivity contribution < 1.29 is 0 Å². The molecular weight excluding hydrogens is 286 g/mol. The van der Waals surface area contributed by atoms with Crippen LogP contribution in [0.15, 0.2) is 30.3 Å². The number of nitrogens with zero attached hydrogens (tertiary/aromatic N) is 3. The van der Waals surface area contributed by atoms with E-state index >= 15 is 0 Å². The highest BCUT2D eigenvalue weighted by Gasteiger charge is 2.14. The summed E-state index contributed by atoms with van der Waals surface area (Å²) in [4.78, 5) is 12.6. The Balaban J connectivity index is 2.16. The molecule has 0 aliphatic heterocycles. The molecule has 21 heavy (non-hydrogen) atoms. The van der Waals surface area contributed by atoms with Crippen LogP contribution in [0, 0.1) is 0 Å². The molecule has 0 radical (unpaired) electrons. The first-order valence-electron chi connectivity index (χ1n) is 6.85. The van der Waals surface area contributed by atoms with Gasteiger partial charge < -0.3 is 10.6 Å². The van der Waals surface area contributed by atoms with Crippen LogP contribution in [0.4, 0.5) is 11.9 Å². The number of rotatable bonds is 4. The maximum absolute atomic E-state index is 5.97. The molecule has 1 atom stereocenters. The van der Waals surface area contributed by atoms with Crippen LogP contribution >= 0.6 is 11.6 Å². The van der Waals surface area contributed by atoms with Crippen molar-refractivity contribution in [2.24, 2.45) is 0 Å². The van der Waals surface area contributed by atoms with Crippen molar-refractivity contribution >= 4 is 23.5 Å². The van der Waals surface area contributed by atoms with E-state index in [1.54, 1.807) is 0 Å². The Bertz CT molecular complexity index is 595. The molecule has 2 N–H and O–H groups in total.